The summed E-state index contributed by atoms with van der Waals surface area (Å²) in [4.78, 5) is 33.9. The maximum atomic E-state index is 12.6. The molecule has 0 spiro atoms. The van der Waals surface area contributed by atoms with E-state index in [-0.39, 0.29) is 17.9 Å². The van der Waals surface area contributed by atoms with E-state index in [2.05, 4.69) is 9.98 Å². The Hall–Kier alpha value is -3.68. The van der Waals surface area contributed by atoms with Crippen LogP contribution in [0.1, 0.15) is 10.4 Å². The molecule has 1 heterocycles. The molecule has 0 unspecified atom stereocenters. The molecule has 0 atom stereocenters. The molecular formula is C17H15N5O3. The van der Waals surface area contributed by atoms with Crippen molar-refractivity contribution < 1.29 is 9.21 Å². The number of hydrogen-bond donors (Lipinski definition) is 2. The van der Waals surface area contributed by atoms with E-state index in [1.807, 2.05) is 0 Å². The van der Waals surface area contributed by atoms with Gasteiger partial charge in [-0.2, -0.15) is 4.98 Å². The van der Waals surface area contributed by atoms with Gasteiger partial charge in [-0.25, -0.2) is 9.79 Å². The average molecular weight is 337 g/mol. The Balaban J connectivity index is 1.92. The van der Waals surface area contributed by atoms with Crippen LogP contribution in [-0.2, 0) is 0 Å². The number of para-hydroxylation sites is 1. The Morgan fingerprint density at radius 3 is 2.48 bits per heavy atom. The second kappa shape index (κ2) is 6.44. The van der Waals surface area contributed by atoms with Crippen molar-refractivity contribution >= 4 is 34.5 Å². The smallest absolute Gasteiger partial charge is 0.348 e. The van der Waals surface area contributed by atoms with E-state index >= 15 is 0 Å². The lowest BCUT2D eigenvalue weighted by Gasteiger charge is -2.14. The molecular weight excluding hydrogens is 322 g/mol. The Morgan fingerprint density at radius 2 is 1.80 bits per heavy atom. The highest BCUT2D eigenvalue weighted by Gasteiger charge is 2.18. The van der Waals surface area contributed by atoms with Gasteiger partial charge < -0.3 is 15.9 Å². The number of aromatic nitrogens is 1. The Bertz CT molecular complexity index is 1020. The first-order chi connectivity index (χ1) is 12.0. The van der Waals surface area contributed by atoms with Gasteiger partial charge in [0.2, 0.25) is 0 Å². The van der Waals surface area contributed by atoms with Gasteiger partial charge in [0.25, 0.3) is 5.91 Å². The topological polar surface area (TPSA) is 128 Å². The number of carbonyl (C=O) groups excluding carboxylic acids is 1. The molecule has 1 amide bonds. The van der Waals surface area contributed by atoms with Crippen LogP contribution in [0.2, 0.25) is 0 Å². The highest BCUT2D eigenvalue weighted by Crippen LogP contribution is 2.18. The predicted molar refractivity (Wildman–Crippen MR) is 94.9 cm³/mol. The summed E-state index contributed by atoms with van der Waals surface area (Å²) in [6.45, 7) is 0. The Kier molecular flexibility index (Phi) is 4.17. The molecule has 126 valence electrons. The zero-order valence-electron chi connectivity index (χ0n) is 13.3. The van der Waals surface area contributed by atoms with Crippen LogP contribution >= 0.6 is 0 Å². The fourth-order valence-electron chi connectivity index (χ4n) is 2.26. The van der Waals surface area contributed by atoms with Crippen LogP contribution in [0.5, 0.6) is 0 Å². The minimum atomic E-state index is -0.552. The third kappa shape index (κ3) is 3.32. The number of amides is 1. The van der Waals surface area contributed by atoms with E-state index in [9.17, 15) is 9.59 Å². The Morgan fingerprint density at radius 1 is 1.12 bits per heavy atom. The number of benzene rings is 2. The van der Waals surface area contributed by atoms with Gasteiger partial charge in [0.15, 0.2) is 5.96 Å². The van der Waals surface area contributed by atoms with E-state index in [4.69, 9.17) is 15.9 Å². The molecule has 0 aliphatic heterocycles. The minimum absolute atomic E-state index is 0.0710. The van der Waals surface area contributed by atoms with Gasteiger partial charge in [-0.05, 0) is 36.4 Å². The number of carbonyl (C=O) groups is 1. The first kappa shape index (κ1) is 16.2. The van der Waals surface area contributed by atoms with Gasteiger partial charge in [-0.15, -0.1) is 0 Å². The van der Waals surface area contributed by atoms with Crippen LogP contribution < -0.4 is 22.0 Å². The van der Waals surface area contributed by atoms with Gasteiger partial charge in [-0.1, -0.05) is 12.1 Å². The van der Waals surface area contributed by atoms with E-state index in [0.29, 0.717) is 22.2 Å². The SMILES string of the molecule is CN(C(=O)c1ccc(N=C(N)N)cc1)c1nc2ccccc2c(=O)o1. The summed E-state index contributed by atoms with van der Waals surface area (Å²) in [5.74, 6) is -0.458. The first-order valence-corrected chi connectivity index (χ1v) is 7.33. The van der Waals surface area contributed by atoms with E-state index in [1.165, 1.54) is 11.9 Å². The normalized spacial score (nSPS) is 10.4. The molecule has 8 heteroatoms. The zero-order chi connectivity index (χ0) is 18.0. The van der Waals surface area contributed by atoms with Gasteiger partial charge >= 0.3 is 11.6 Å². The number of nitrogens with two attached hydrogens (primary N) is 2. The minimum Gasteiger partial charge on any atom is -0.388 e. The van der Waals surface area contributed by atoms with Crippen molar-refractivity contribution in [3.05, 3.63) is 64.5 Å². The molecule has 0 saturated heterocycles. The summed E-state index contributed by atoms with van der Waals surface area (Å²) in [6.07, 6.45) is 0. The first-order valence-electron chi connectivity index (χ1n) is 7.33. The monoisotopic (exact) mass is 337 g/mol. The van der Waals surface area contributed by atoms with Gasteiger partial charge in [0.1, 0.15) is 0 Å². The van der Waals surface area contributed by atoms with Gasteiger partial charge in [0.05, 0.1) is 16.6 Å². The van der Waals surface area contributed by atoms with E-state index in [1.54, 1.807) is 48.5 Å². The second-order valence-electron chi connectivity index (χ2n) is 5.25. The maximum absolute atomic E-state index is 12.6. The molecule has 4 N–H and O–H groups in total. The molecule has 2 aromatic carbocycles. The maximum Gasteiger partial charge on any atom is 0.348 e. The second-order valence-corrected chi connectivity index (χ2v) is 5.25. The summed E-state index contributed by atoms with van der Waals surface area (Å²) >= 11 is 0. The number of rotatable bonds is 3. The highest BCUT2D eigenvalue weighted by molar-refractivity contribution is 6.05. The van der Waals surface area contributed by atoms with Crippen molar-refractivity contribution in [2.75, 3.05) is 11.9 Å². The fraction of sp³-hybridized carbons (Fsp3) is 0.0588. The highest BCUT2D eigenvalue weighted by atomic mass is 16.4. The van der Waals surface area contributed by atoms with Crippen LogP contribution in [0.3, 0.4) is 0 Å². The number of nitrogens with zero attached hydrogens (tertiary/aromatic N) is 3. The average Bonchev–Trinajstić information content (AvgIpc) is 2.60. The van der Waals surface area contributed by atoms with Crippen molar-refractivity contribution in [3.63, 3.8) is 0 Å². The van der Waals surface area contributed by atoms with Crippen molar-refractivity contribution in [3.8, 4) is 0 Å². The fourth-order valence-corrected chi connectivity index (χ4v) is 2.26. The third-order valence-corrected chi connectivity index (χ3v) is 3.49. The number of fused-ring (bicyclic) bond motifs is 1. The molecule has 1 aromatic heterocycles. The van der Waals surface area contributed by atoms with Crippen molar-refractivity contribution in [2.45, 2.75) is 0 Å². The van der Waals surface area contributed by atoms with Crippen molar-refractivity contribution in [1.82, 2.24) is 4.98 Å². The largest absolute Gasteiger partial charge is 0.388 e. The van der Waals surface area contributed by atoms with Crippen LogP contribution in [0, 0.1) is 0 Å². The van der Waals surface area contributed by atoms with E-state index < -0.39 is 5.63 Å². The molecule has 3 rings (SSSR count). The molecule has 0 bridgehead atoms. The summed E-state index contributed by atoms with van der Waals surface area (Å²) in [7, 11) is 1.48. The third-order valence-electron chi connectivity index (χ3n) is 3.49. The number of anilines is 1. The summed E-state index contributed by atoms with van der Waals surface area (Å²) in [6, 6.07) is 13.0. The molecule has 0 saturated carbocycles. The molecule has 25 heavy (non-hydrogen) atoms. The molecule has 0 radical (unpaired) electrons. The molecule has 8 nitrogen and oxygen atoms in total. The van der Waals surface area contributed by atoms with Gasteiger partial charge in [0, 0.05) is 12.6 Å². The number of aliphatic imine (C=N–C) groups is 1. The lowest BCUT2D eigenvalue weighted by molar-refractivity contribution is 0.0987. The summed E-state index contributed by atoms with van der Waals surface area (Å²) in [5.41, 5.74) is 11.4. The quantitative estimate of drug-likeness (QED) is 0.549. The summed E-state index contributed by atoms with van der Waals surface area (Å²) < 4.78 is 5.15. The number of guanidine groups is 1. The van der Waals surface area contributed by atoms with E-state index in [0.717, 1.165) is 0 Å². The Labute approximate surface area is 142 Å². The van der Waals surface area contributed by atoms with Crippen LogP contribution in [-0.4, -0.2) is 23.9 Å². The van der Waals surface area contributed by atoms with Crippen molar-refractivity contribution in [1.29, 1.82) is 0 Å². The van der Waals surface area contributed by atoms with Crippen molar-refractivity contribution in [2.24, 2.45) is 16.5 Å². The van der Waals surface area contributed by atoms with Crippen LogP contribution in [0.15, 0.2) is 62.7 Å². The lowest BCUT2D eigenvalue weighted by Crippen LogP contribution is -2.28. The molecule has 0 aliphatic carbocycles. The summed E-state index contributed by atoms with van der Waals surface area (Å²) in [5, 5.41) is 0.355. The van der Waals surface area contributed by atoms with Crippen LogP contribution in [0.25, 0.3) is 10.9 Å². The van der Waals surface area contributed by atoms with Crippen LogP contribution in [0.4, 0.5) is 11.7 Å². The number of hydrogen-bond acceptors (Lipinski definition) is 5. The standard InChI is InChI=1S/C17H15N5O3/c1-22(14(23)10-6-8-11(9-7-10)20-16(18)19)17-21-13-5-3-2-4-12(13)15(24)25-17/h2-9H,1H3,(H4,18,19,20). The molecule has 3 aromatic rings. The zero-order valence-corrected chi connectivity index (χ0v) is 13.3. The predicted octanol–water partition coefficient (Wildman–Crippen LogP) is 1.37. The van der Waals surface area contributed by atoms with Gasteiger partial charge in [-0.3, -0.25) is 9.69 Å². The lowest BCUT2D eigenvalue weighted by atomic mass is 10.2. The molecule has 0 fully saturated rings. The molecule has 0 aliphatic rings.